The lowest BCUT2D eigenvalue weighted by Crippen LogP contribution is -2.26. The van der Waals surface area contributed by atoms with E-state index >= 15 is 0 Å². The van der Waals surface area contributed by atoms with Crippen LogP contribution in [0.25, 0.3) is 0 Å². The van der Waals surface area contributed by atoms with Crippen molar-refractivity contribution < 1.29 is 4.74 Å². The summed E-state index contributed by atoms with van der Waals surface area (Å²) in [7, 11) is 1.90. The van der Waals surface area contributed by atoms with E-state index in [1.54, 1.807) is 6.20 Å². The smallest absolute Gasteiger partial charge is 0.150 e. The van der Waals surface area contributed by atoms with Crippen molar-refractivity contribution in [3.05, 3.63) is 17.6 Å². The zero-order valence-electron chi connectivity index (χ0n) is 10.8. The van der Waals surface area contributed by atoms with E-state index in [0.717, 1.165) is 0 Å². The zero-order chi connectivity index (χ0) is 12.8. The Hall–Kier alpha value is -1.67. The van der Waals surface area contributed by atoms with Crippen LogP contribution >= 0.6 is 0 Å². The predicted molar refractivity (Wildman–Crippen MR) is 65.8 cm³/mol. The maximum absolute atomic E-state index is 8.98. The van der Waals surface area contributed by atoms with Crippen molar-refractivity contribution in [1.29, 1.82) is 5.26 Å². The monoisotopic (exact) mass is 234 g/mol. The highest BCUT2D eigenvalue weighted by Gasteiger charge is 2.10. The Balaban J connectivity index is 2.71. The van der Waals surface area contributed by atoms with Crippen LogP contribution in [0.1, 0.15) is 25.2 Å². The molecule has 0 bridgehead atoms. The molecule has 0 saturated carbocycles. The summed E-state index contributed by atoms with van der Waals surface area (Å²) in [5.41, 5.74) is 0.489. The number of rotatable bonds is 5. The van der Waals surface area contributed by atoms with Crippen molar-refractivity contribution in [3.8, 4) is 6.07 Å². The van der Waals surface area contributed by atoms with Gasteiger partial charge in [-0.05, 0) is 20.8 Å². The van der Waals surface area contributed by atoms with E-state index in [1.807, 2.05) is 32.7 Å². The third-order valence-corrected chi connectivity index (χ3v) is 2.25. The maximum atomic E-state index is 8.98. The average molecular weight is 234 g/mol. The van der Waals surface area contributed by atoms with Crippen LogP contribution in [-0.2, 0) is 4.74 Å². The molecule has 0 saturated heterocycles. The molecule has 0 aromatic carbocycles. The highest BCUT2D eigenvalue weighted by Crippen LogP contribution is 2.14. The van der Waals surface area contributed by atoms with Gasteiger partial charge in [0.25, 0.3) is 0 Å². The standard InChI is InChI=1S/C12H18N4O/c1-9(2)17-6-5-16(4)12-11(7-13)8-14-10(3)15-12/h8-9H,5-6H2,1-4H3. The minimum absolute atomic E-state index is 0.214. The van der Waals surface area contributed by atoms with Crippen LogP contribution in [0.3, 0.4) is 0 Å². The van der Waals surface area contributed by atoms with Crippen LogP contribution in [-0.4, -0.2) is 36.3 Å². The summed E-state index contributed by atoms with van der Waals surface area (Å²) in [5, 5.41) is 8.98. The average Bonchev–Trinajstić information content (AvgIpc) is 2.28. The first-order valence-corrected chi connectivity index (χ1v) is 5.61. The van der Waals surface area contributed by atoms with Gasteiger partial charge in [-0.2, -0.15) is 5.26 Å². The molecule has 0 fully saturated rings. The van der Waals surface area contributed by atoms with Crippen LogP contribution in [0.4, 0.5) is 5.82 Å². The van der Waals surface area contributed by atoms with Crippen molar-refractivity contribution in [1.82, 2.24) is 9.97 Å². The molecule has 92 valence electrons. The van der Waals surface area contributed by atoms with Crippen molar-refractivity contribution in [3.63, 3.8) is 0 Å². The molecule has 5 heteroatoms. The molecule has 0 amide bonds. The fourth-order valence-corrected chi connectivity index (χ4v) is 1.36. The fourth-order valence-electron chi connectivity index (χ4n) is 1.36. The minimum Gasteiger partial charge on any atom is -0.377 e. The van der Waals surface area contributed by atoms with E-state index < -0.39 is 0 Å². The summed E-state index contributed by atoms with van der Waals surface area (Å²) in [6, 6.07) is 2.10. The van der Waals surface area contributed by atoms with Gasteiger partial charge in [-0.25, -0.2) is 9.97 Å². The van der Waals surface area contributed by atoms with Gasteiger partial charge >= 0.3 is 0 Å². The molecule has 1 aromatic rings. The van der Waals surface area contributed by atoms with E-state index in [1.165, 1.54) is 0 Å². The van der Waals surface area contributed by atoms with E-state index in [2.05, 4.69) is 16.0 Å². The molecule has 0 spiro atoms. The number of likely N-dealkylation sites (N-methyl/N-ethyl adjacent to an activating group) is 1. The lowest BCUT2D eigenvalue weighted by Gasteiger charge is -2.19. The summed E-state index contributed by atoms with van der Waals surface area (Å²) >= 11 is 0. The first-order chi connectivity index (χ1) is 8.04. The lowest BCUT2D eigenvalue weighted by atomic mass is 10.3. The normalized spacial score (nSPS) is 10.4. The van der Waals surface area contributed by atoms with Gasteiger partial charge in [-0.1, -0.05) is 0 Å². The molecule has 0 N–H and O–H groups in total. The minimum atomic E-state index is 0.214. The quantitative estimate of drug-likeness (QED) is 0.773. The number of aromatic nitrogens is 2. The Morgan fingerprint density at radius 1 is 1.53 bits per heavy atom. The third-order valence-electron chi connectivity index (χ3n) is 2.25. The summed E-state index contributed by atoms with van der Waals surface area (Å²) in [4.78, 5) is 10.2. The third kappa shape index (κ3) is 4.00. The van der Waals surface area contributed by atoms with Crippen LogP contribution in [0.2, 0.25) is 0 Å². The van der Waals surface area contributed by atoms with E-state index in [9.17, 15) is 0 Å². The highest BCUT2D eigenvalue weighted by atomic mass is 16.5. The summed E-state index contributed by atoms with van der Waals surface area (Å²) in [6.07, 6.45) is 1.77. The Morgan fingerprint density at radius 2 is 2.24 bits per heavy atom. The Kier molecular flexibility index (Phi) is 4.85. The van der Waals surface area contributed by atoms with Crippen LogP contribution in [0.5, 0.6) is 0 Å². The number of hydrogen-bond acceptors (Lipinski definition) is 5. The molecule has 17 heavy (non-hydrogen) atoms. The molecule has 0 aliphatic heterocycles. The molecule has 5 nitrogen and oxygen atoms in total. The molecule has 0 unspecified atom stereocenters. The first-order valence-electron chi connectivity index (χ1n) is 5.61. The number of aryl methyl sites for hydroxylation is 1. The number of hydrogen-bond donors (Lipinski definition) is 0. The van der Waals surface area contributed by atoms with Crippen molar-refractivity contribution in [2.75, 3.05) is 25.1 Å². The number of nitriles is 1. The van der Waals surface area contributed by atoms with Gasteiger partial charge in [0.1, 0.15) is 23.3 Å². The predicted octanol–water partition coefficient (Wildman–Crippen LogP) is 1.52. The molecule has 1 rings (SSSR count). The van der Waals surface area contributed by atoms with Gasteiger partial charge in [0.05, 0.1) is 18.9 Å². The molecule has 0 aliphatic carbocycles. The van der Waals surface area contributed by atoms with Gasteiger partial charge < -0.3 is 9.64 Å². The Morgan fingerprint density at radius 3 is 2.82 bits per heavy atom. The topological polar surface area (TPSA) is 62.0 Å². The number of ether oxygens (including phenoxy) is 1. The molecule has 0 atom stereocenters. The van der Waals surface area contributed by atoms with E-state index in [-0.39, 0.29) is 6.10 Å². The molecule has 0 radical (unpaired) electrons. The van der Waals surface area contributed by atoms with Crippen LogP contribution in [0, 0.1) is 18.3 Å². The Bertz CT molecular complexity index is 411. The fraction of sp³-hybridized carbons (Fsp3) is 0.583. The van der Waals surface area contributed by atoms with Gasteiger partial charge in [-0.3, -0.25) is 0 Å². The summed E-state index contributed by atoms with van der Waals surface area (Å²) < 4.78 is 5.47. The van der Waals surface area contributed by atoms with Crippen LogP contribution < -0.4 is 4.90 Å². The summed E-state index contributed by atoms with van der Waals surface area (Å²) in [5.74, 6) is 1.32. The van der Waals surface area contributed by atoms with Gasteiger partial charge in [0.15, 0.2) is 0 Å². The SMILES string of the molecule is Cc1ncc(C#N)c(N(C)CCOC(C)C)n1. The van der Waals surface area contributed by atoms with Gasteiger partial charge in [-0.15, -0.1) is 0 Å². The van der Waals surface area contributed by atoms with Crippen molar-refractivity contribution in [2.45, 2.75) is 26.9 Å². The maximum Gasteiger partial charge on any atom is 0.150 e. The molecular formula is C12H18N4O. The van der Waals surface area contributed by atoms with Gasteiger partial charge in [0.2, 0.25) is 0 Å². The second-order valence-corrected chi connectivity index (χ2v) is 4.11. The van der Waals surface area contributed by atoms with Crippen LogP contribution in [0.15, 0.2) is 6.20 Å². The molecule has 1 aromatic heterocycles. The number of anilines is 1. The summed E-state index contributed by atoms with van der Waals surface area (Å²) in [6.45, 7) is 7.11. The Labute approximate surface area is 102 Å². The first kappa shape index (κ1) is 13.4. The molecule has 1 heterocycles. The van der Waals surface area contributed by atoms with E-state index in [0.29, 0.717) is 30.4 Å². The lowest BCUT2D eigenvalue weighted by molar-refractivity contribution is 0.0845. The molecular weight excluding hydrogens is 216 g/mol. The van der Waals surface area contributed by atoms with Crippen molar-refractivity contribution in [2.24, 2.45) is 0 Å². The largest absolute Gasteiger partial charge is 0.377 e. The highest BCUT2D eigenvalue weighted by molar-refractivity contribution is 5.52. The second kappa shape index (κ2) is 6.16. The van der Waals surface area contributed by atoms with Gasteiger partial charge in [0, 0.05) is 13.6 Å². The van der Waals surface area contributed by atoms with E-state index in [4.69, 9.17) is 10.00 Å². The zero-order valence-corrected chi connectivity index (χ0v) is 10.8. The second-order valence-electron chi connectivity index (χ2n) is 4.11. The van der Waals surface area contributed by atoms with Crippen molar-refractivity contribution >= 4 is 5.82 Å². The molecule has 0 aliphatic rings. The number of nitrogens with zero attached hydrogens (tertiary/aromatic N) is 4.